The number of nitrogens with one attached hydrogen (secondary N) is 1. The fourth-order valence-corrected chi connectivity index (χ4v) is 2.37. The average molecular weight is 200 g/mol. The summed E-state index contributed by atoms with van der Waals surface area (Å²) in [5.74, 6) is -0.703. The van der Waals surface area contributed by atoms with Gasteiger partial charge in [0.25, 0.3) is 0 Å². The first-order valence-electron chi connectivity index (χ1n) is 5.21. The molecule has 1 aliphatic rings. The van der Waals surface area contributed by atoms with Gasteiger partial charge in [0.15, 0.2) is 0 Å². The van der Waals surface area contributed by atoms with Crippen molar-refractivity contribution in [3.8, 4) is 0 Å². The van der Waals surface area contributed by atoms with Crippen LogP contribution in [0, 0.1) is 0 Å². The standard InChI is InChI=1S/C10H20N2O2/c1-4-12(8(2)3)10(5-9(13)14)6-11-7-10/h8,11H,4-7H2,1-3H3,(H,13,14). The van der Waals surface area contributed by atoms with E-state index in [9.17, 15) is 4.79 Å². The maximum Gasteiger partial charge on any atom is 0.305 e. The van der Waals surface area contributed by atoms with Crippen molar-refractivity contribution >= 4 is 5.97 Å². The second-order valence-corrected chi connectivity index (χ2v) is 4.28. The molecule has 0 bridgehead atoms. The van der Waals surface area contributed by atoms with Crippen molar-refractivity contribution in [3.63, 3.8) is 0 Å². The first-order chi connectivity index (χ1) is 6.52. The van der Waals surface area contributed by atoms with Crippen LogP contribution in [0.25, 0.3) is 0 Å². The summed E-state index contributed by atoms with van der Waals surface area (Å²) < 4.78 is 0. The minimum absolute atomic E-state index is 0.144. The third-order valence-corrected chi connectivity index (χ3v) is 2.96. The van der Waals surface area contributed by atoms with E-state index in [0.29, 0.717) is 6.04 Å². The van der Waals surface area contributed by atoms with E-state index >= 15 is 0 Å². The Morgan fingerprint density at radius 1 is 1.57 bits per heavy atom. The summed E-state index contributed by atoms with van der Waals surface area (Å²) in [5.41, 5.74) is -0.144. The van der Waals surface area contributed by atoms with Crippen LogP contribution in [0.15, 0.2) is 0 Å². The highest BCUT2D eigenvalue weighted by molar-refractivity contribution is 5.68. The van der Waals surface area contributed by atoms with E-state index in [0.717, 1.165) is 19.6 Å². The second kappa shape index (κ2) is 4.28. The largest absolute Gasteiger partial charge is 0.481 e. The molecule has 0 saturated carbocycles. The molecule has 0 amide bonds. The Hall–Kier alpha value is -0.610. The maximum atomic E-state index is 10.8. The van der Waals surface area contributed by atoms with Crippen molar-refractivity contribution in [2.45, 2.75) is 38.8 Å². The van der Waals surface area contributed by atoms with Gasteiger partial charge in [-0.3, -0.25) is 9.69 Å². The van der Waals surface area contributed by atoms with E-state index in [-0.39, 0.29) is 12.0 Å². The Bertz CT molecular complexity index is 212. The molecule has 0 aromatic rings. The Morgan fingerprint density at radius 3 is 2.36 bits per heavy atom. The minimum atomic E-state index is -0.703. The monoisotopic (exact) mass is 200 g/mol. The molecule has 0 atom stereocenters. The van der Waals surface area contributed by atoms with Crippen molar-refractivity contribution in [1.29, 1.82) is 0 Å². The molecule has 1 heterocycles. The average Bonchev–Trinajstić information content (AvgIpc) is 1.99. The van der Waals surface area contributed by atoms with Gasteiger partial charge in [-0.25, -0.2) is 0 Å². The van der Waals surface area contributed by atoms with Crippen molar-refractivity contribution in [1.82, 2.24) is 10.2 Å². The highest BCUT2D eigenvalue weighted by Crippen LogP contribution is 2.26. The van der Waals surface area contributed by atoms with E-state index in [1.807, 2.05) is 0 Å². The number of carboxylic acid groups (broad SMARTS) is 1. The van der Waals surface area contributed by atoms with Gasteiger partial charge >= 0.3 is 5.97 Å². The summed E-state index contributed by atoms with van der Waals surface area (Å²) >= 11 is 0. The molecule has 0 aromatic carbocycles. The van der Waals surface area contributed by atoms with Crippen molar-refractivity contribution in [3.05, 3.63) is 0 Å². The lowest BCUT2D eigenvalue weighted by Crippen LogP contribution is -2.70. The van der Waals surface area contributed by atoms with Crippen molar-refractivity contribution in [2.75, 3.05) is 19.6 Å². The molecule has 0 aromatic heterocycles. The predicted molar refractivity (Wildman–Crippen MR) is 55.4 cm³/mol. The number of rotatable bonds is 5. The lowest BCUT2D eigenvalue weighted by molar-refractivity contribution is -0.142. The van der Waals surface area contributed by atoms with Crippen LogP contribution in [-0.4, -0.2) is 47.2 Å². The third kappa shape index (κ3) is 2.07. The zero-order valence-corrected chi connectivity index (χ0v) is 9.21. The highest BCUT2D eigenvalue weighted by Gasteiger charge is 2.44. The van der Waals surface area contributed by atoms with Gasteiger partial charge in [-0.05, 0) is 20.4 Å². The first kappa shape index (κ1) is 11.5. The summed E-state index contributed by atoms with van der Waals surface area (Å²) in [6.45, 7) is 8.82. The summed E-state index contributed by atoms with van der Waals surface area (Å²) in [4.78, 5) is 13.1. The van der Waals surface area contributed by atoms with Crippen LogP contribution in [0.1, 0.15) is 27.2 Å². The van der Waals surface area contributed by atoms with Crippen LogP contribution in [0.2, 0.25) is 0 Å². The van der Waals surface area contributed by atoms with Crippen LogP contribution < -0.4 is 5.32 Å². The zero-order chi connectivity index (χ0) is 10.8. The van der Waals surface area contributed by atoms with E-state index in [4.69, 9.17) is 5.11 Å². The molecule has 0 radical (unpaired) electrons. The predicted octanol–water partition coefficient (Wildman–Crippen LogP) is 0.533. The first-order valence-corrected chi connectivity index (χ1v) is 5.21. The number of hydrogen-bond acceptors (Lipinski definition) is 3. The van der Waals surface area contributed by atoms with Gasteiger partial charge < -0.3 is 10.4 Å². The molecule has 1 rings (SSSR count). The van der Waals surface area contributed by atoms with Gasteiger partial charge in [0, 0.05) is 19.1 Å². The Labute approximate surface area is 85.3 Å². The molecule has 4 nitrogen and oxygen atoms in total. The highest BCUT2D eigenvalue weighted by atomic mass is 16.4. The maximum absolute atomic E-state index is 10.8. The Balaban J connectivity index is 2.71. The minimum Gasteiger partial charge on any atom is -0.481 e. The van der Waals surface area contributed by atoms with Crippen LogP contribution >= 0.6 is 0 Å². The van der Waals surface area contributed by atoms with Crippen LogP contribution in [0.5, 0.6) is 0 Å². The molecule has 2 N–H and O–H groups in total. The lowest BCUT2D eigenvalue weighted by Gasteiger charge is -2.51. The molecular formula is C10H20N2O2. The normalized spacial score (nSPS) is 19.8. The van der Waals surface area contributed by atoms with Crippen LogP contribution in [0.4, 0.5) is 0 Å². The second-order valence-electron chi connectivity index (χ2n) is 4.28. The molecule has 14 heavy (non-hydrogen) atoms. The van der Waals surface area contributed by atoms with E-state index in [2.05, 4.69) is 31.0 Å². The van der Waals surface area contributed by atoms with Crippen molar-refractivity contribution < 1.29 is 9.90 Å². The van der Waals surface area contributed by atoms with Crippen molar-refractivity contribution in [2.24, 2.45) is 0 Å². The van der Waals surface area contributed by atoms with E-state index in [1.54, 1.807) is 0 Å². The molecule has 0 unspecified atom stereocenters. The van der Waals surface area contributed by atoms with Crippen LogP contribution in [0.3, 0.4) is 0 Å². The molecule has 82 valence electrons. The molecular weight excluding hydrogens is 180 g/mol. The Kier molecular flexibility index (Phi) is 3.50. The summed E-state index contributed by atoms with van der Waals surface area (Å²) in [6, 6.07) is 0.404. The fourth-order valence-electron chi connectivity index (χ4n) is 2.37. The van der Waals surface area contributed by atoms with Gasteiger partial charge in [-0.2, -0.15) is 0 Å². The molecule has 1 aliphatic heterocycles. The molecule has 0 aliphatic carbocycles. The third-order valence-electron chi connectivity index (χ3n) is 2.96. The lowest BCUT2D eigenvalue weighted by atomic mass is 9.85. The fraction of sp³-hybridized carbons (Fsp3) is 0.900. The number of carbonyl (C=O) groups is 1. The summed E-state index contributed by atoms with van der Waals surface area (Å²) in [7, 11) is 0. The summed E-state index contributed by atoms with van der Waals surface area (Å²) in [5, 5.41) is 12.1. The topological polar surface area (TPSA) is 52.6 Å². The van der Waals surface area contributed by atoms with Gasteiger partial charge in [-0.1, -0.05) is 6.92 Å². The van der Waals surface area contributed by atoms with Gasteiger partial charge in [0.2, 0.25) is 0 Å². The Morgan fingerprint density at radius 2 is 2.14 bits per heavy atom. The molecule has 4 heteroatoms. The summed E-state index contributed by atoms with van der Waals surface area (Å²) in [6.07, 6.45) is 0.242. The SMILES string of the molecule is CCN(C(C)C)C1(CC(=O)O)CNC1. The van der Waals surface area contributed by atoms with Crippen LogP contribution in [-0.2, 0) is 4.79 Å². The number of carboxylic acids is 1. The number of aliphatic carboxylic acids is 1. The quantitative estimate of drug-likeness (QED) is 0.680. The zero-order valence-electron chi connectivity index (χ0n) is 9.21. The number of likely N-dealkylation sites (N-methyl/N-ethyl adjacent to an activating group) is 1. The number of nitrogens with zero attached hydrogens (tertiary/aromatic N) is 1. The molecule has 1 fully saturated rings. The van der Waals surface area contributed by atoms with Gasteiger partial charge in [0.05, 0.1) is 12.0 Å². The van der Waals surface area contributed by atoms with Gasteiger partial charge in [0.1, 0.15) is 0 Å². The smallest absolute Gasteiger partial charge is 0.305 e. The molecule has 0 spiro atoms. The molecule has 1 saturated heterocycles. The van der Waals surface area contributed by atoms with E-state index in [1.165, 1.54) is 0 Å². The number of hydrogen-bond donors (Lipinski definition) is 2. The van der Waals surface area contributed by atoms with E-state index < -0.39 is 5.97 Å². The van der Waals surface area contributed by atoms with Gasteiger partial charge in [-0.15, -0.1) is 0 Å².